The minimum Gasteiger partial charge on any atom is -0.462 e. The first-order valence-corrected chi connectivity index (χ1v) is 10.1. The fourth-order valence-electron chi connectivity index (χ4n) is 3.36. The van der Waals surface area contributed by atoms with E-state index in [1.165, 1.54) is 4.90 Å². The fraction of sp³-hybridized carbons (Fsp3) is 0.333. The summed E-state index contributed by atoms with van der Waals surface area (Å²) in [6.07, 6.45) is 0.0102. The van der Waals surface area contributed by atoms with Crippen molar-refractivity contribution in [3.8, 4) is 0 Å². The van der Waals surface area contributed by atoms with E-state index < -0.39 is 17.9 Å². The number of hydrogen-bond donors (Lipinski definition) is 0. The summed E-state index contributed by atoms with van der Waals surface area (Å²) >= 11 is 0. The largest absolute Gasteiger partial charge is 0.462 e. The highest BCUT2D eigenvalue weighted by atomic mass is 16.5. The number of nitrogens with zero attached hydrogens (tertiary/aromatic N) is 1. The summed E-state index contributed by atoms with van der Waals surface area (Å²) in [7, 11) is 0. The van der Waals surface area contributed by atoms with Crippen LogP contribution in [0, 0.1) is 19.8 Å². The number of esters is 2. The van der Waals surface area contributed by atoms with Crippen LogP contribution in [0.1, 0.15) is 45.2 Å². The lowest BCUT2D eigenvalue weighted by Gasteiger charge is -2.17. The highest BCUT2D eigenvalue weighted by Crippen LogP contribution is 2.26. The Morgan fingerprint density at radius 3 is 2.29 bits per heavy atom. The normalized spacial score (nSPS) is 15.6. The molecule has 2 aromatic rings. The second kappa shape index (κ2) is 9.55. The summed E-state index contributed by atoms with van der Waals surface area (Å²) in [5, 5.41) is 0. The fourth-order valence-corrected chi connectivity index (χ4v) is 3.36. The molecule has 2 aromatic carbocycles. The van der Waals surface area contributed by atoms with E-state index in [0.717, 1.165) is 11.1 Å². The van der Waals surface area contributed by atoms with Gasteiger partial charge in [0.25, 0.3) is 0 Å². The summed E-state index contributed by atoms with van der Waals surface area (Å²) in [6.45, 7) is 5.67. The number of carbonyl (C=O) groups excluding carboxylic acids is 4. The summed E-state index contributed by atoms with van der Waals surface area (Å²) in [6, 6.07) is 11.8. The van der Waals surface area contributed by atoms with Gasteiger partial charge in [-0.05, 0) is 62.2 Å². The van der Waals surface area contributed by atoms with Crippen molar-refractivity contribution in [2.45, 2.75) is 27.2 Å². The second-order valence-electron chi connectivity index (χ2n) is 7.50. The van der Waals surface area contributed by atoms with Crippen molar-refractivity contribution in [1.29, 1.82) is 0 Å². The smallest absolute Gasteiger partial charge is 0.338 e. The summed E-state index contributed by atoms with van der Waals surface area (Å²) in [5.41, 5.74) is 3.52. The molecule has 0 aliphatic carbocycles. The molecule has 0 bridgehead atoms. The quantitative estimate of drug-likeness (QED) is 0.502. The highest BCUT2D eigenvalue weighted by molar-refractivity contribution is 6.01. The standard InChI is InChI=1S/C24H25NO6/c1-4-30-23(28)17-7-9-20(10-8-17)25-13-19(12-22(25)27)24(29)31-14-21(26)18-6-5-15(2)16(3)11-18/h5-11,19H,4,12-14H2,1-3H3/t19-/m0/s1. The van der Waals surface area contributed by atoms with Gasteiger partial charge in [0.15, 0.2) is 12.4 Å². The third kappa shape index (κ3) is 5.17. The van der Waals surface area contributed by atoms with Crippen LogP contribution >= 0.6 is 0 Å². The van der Waals surface area contributed by atoms with E-state index in [4.69, 9.17) is 9.47 Å². The van der Waals surface area contributed by atoms with E-state index in [2.05, 4.69) is 0 Å². The number of rotatable bonds is 7. The van der Waals surface area contributed by atoms with Gasteiger partial charge in [-0.25, -0.2) is 4.79 Å². The maximum Gasteiger partial charge on any atom is 0.338 e. The number of Topliss-reactive ketones (excluding diaryl/α,β-unsaturated/α-hetero) is 1. The minimum atomic E-state index is -0.648. The Balaban J connectivity index is 1.57. The van der Waals surface area contributed by atoms with Crippen molar-refractivity contribution in [3.05, 3.63) is 64.7 Å². The molecule has 0 saturated carbocycles. The zero-order valence-corrected chi connectivity index (χ0v) is 17.8. The number of carbonyl (C=O) groups is 4. The molecular weight excluding hydrogens is 398 g/mol. The zero-order valence-electron chi connectivity index (χ0n) is 17.8. The van der Waals surface area contributed by atoms with Crippen LogP contribution in [-0.4, -0.2) is 43.4 Å². The number of hydrogen-bond acceptors (Lipinski definition) is 6. The maximum atomic E-state index is 12.4. The predicted molar refractivity (Wildman–Crippen MR) is 114 cm³/mol. The second-order valence-corrected chi connectivity index (χ2v) is 7.50. The molecular formula is C24H25NO6. The van der Waals surface area contributed by atoms with Crippen LogP contribution in [-0.2, 0) is 19.1 Å². The summed E-state index contributed by atoms with van der Waals surface area (Å²) in [5.74, 6) is -2.16. The Bertz CT molecular complexity index is 1010. The Hall–Kier alpha value is -3.48. The van der Waals surface area contributed by atoms with Gasteiger partial charge in [-0.15, -0.1) is 0 Å². The van der Waals surface area contributed by atoms with E-state index >= 15 is 0 Å². The van der Waals surface area contributed by atoms with Gasteiger partial charge in [-0.1, -0.05) is 12.1 Å². The van der Waals surface area contributed by atoms with Crippen LogP contribution in [0.3, 0.4) is 0 Å². The molecule has 7 heteroatoms. The molecule has 0 spiro atoms. The number of amides is 1. The Morgan fingerprint density at radius 2 is 1.65 bits per heavy atom. The molecule has 1 fully saturated rings. The number of anilines is 1. The number of ether oxygens (including phenoxy) is 2. The molecule has 0 radical (unpaired) electrons. The van der Waals surface area contributed by atoms with Gasteiger partial charge in [0.1, 0.15) is 0 Å². The average molecular weight is 423 g/mol. The molecule has 0 aromatic heterocycles. The molecule has 0 N–H and O–H groups in total. The van der Waals surface area contributed by atoms with Crippen molar-refractivity contribution in [2.24, 2.45) is 5.92 Å². The van der Waals surface area contributed by atoms with Gasteiger partial charge in [0.2, 0.25) is 5.91 Å². The van der Waals surface area contributed by atoms with E-state index in [-0.39, 0.29) is 37.9 Å². The molecule has 0 unspecified atom stereocenters. The van der Waals surface area contributed by atoms with E-state index in [0.29, 0.717) is 16.8 Å². The third-order valence-corrected chi connectivity index (χ3v) is 5.32. The van der Waals surface area contributed by atoms with Crippen molar-refractivity contribution in [2.75, 3.05) is 24.7 Å². The highest BCUT2D eigenvalue weighted by Gasteiger charge is 2.36. The van der Waals surface area contributed by atoms with Gasteiger partial charge < -0.3 is 14.4 Å². The average Bonchev–Trinajstić information content (AvgIpc) is 3.15. The molecule has 31 heavy (non-hydrogen) atoms. The van der Waals surface area contributed by atoms with Crippen LogP contribution in [0.4, 0.5) is 5.69 Å². The number of ketones is 1. The SMILES string of the molecule is CCOC(=O)c1ccc(N2C[C@@H](C(=O)OCC(=O)c3ccc(C)c(C)c3)CC2=O)cc1. The molecule has 7 nitrogen and oxygen atoms in total. The predicted octanol–water partition coefficient (Wildman–Crippen LogP) is 3.26. The van der Waals surface area contributed by atoms with Crippen molar-refractivity contribution in [1.82, 2.24) is 0 Å². The van der Waals surface area contributed by atoms with Crippen molar-refractivity contribution < 1.29 is 28.7 Å². The van der Waals surface area contributed by atoms with E-state index in [1.807, 2.05) is 19.9 Å². The van der Waals surface area contributed by atoms with Gasteiger partial charge in [0, 0.05) is 24.2 Å². The molecule has 3 rings (SSSR count). The monoisotopic (exact) mass is 423 g/mol. The van der Waals surface area contributed by atoms with Crippen LogP contribution in [0.25, 0.3) is 0 Å². The summed E-state index contributed by atoms with van der Waals surface area (Å²) in [4.78, 5) is 50.4. The van der Waals surface area contributed by atoms with E-state index in [9.17, 15) is 19.2 Å². The Kier molecular flexibility index (Phi) is 6.84. The van der Waals surface area contributed by atoms with Crippen LogP contribution in [0.2, 0.25) is 0 Å². The van der Waals surface area contributed by atoms with Gasteiger partial charge >= 0.3 is 11.9 Å². The Labute approximate surface area is 180 Å². The molecule has 1 atom stereocenters. The first-order valence-electron chi connectivity index (χ1n) is 10.1. The lowest BCUT2D eigenvalue weighted by molar-refractivity contribution is -0.147. The molecule has 1 amide bonds. The van der Waals surface area contributed by atoms with Gasteiger partial charge in [-0.2, -0.15) is 0 Å². The molecule has 1 aliphatic heterocycles. The van der Waals surface area contributed by atoms with Crippen LogP contribution in [0.5, 0.6) is 0 Å². The zero-order chi connectivity index (χ0) is 22.5. The molecule has 1 heterocycles. The third-order valence-electron chi connectivity index (χ3n) is 5.32. The first-order chi connectivity index (χ1) is 14.8. The molecule has 1 aliphatic rings. The minimum absolute atomic E-state index is 0.0102. The molecule has 1 saturated heterocycles. The van der Waals surface area contributed by atoms with E-state index in [1.54, 1.807) is 43.3 Å². The van der Waals surface area contributed by atoms with Gasteiger partial charge in [0.05, 0.1) is 18.1 Å². The Morgan fingerprint density at radius 1 is 0.968 bits per heavy atom. The molecule has 162 valence electrons. The van der Waals surface area contributed by atoms with Crippen LogP contribution < -0.4 is 4.90 Å². The van der Waals surface area contributed by atoms with Crippen LogP contribution in [0.15, 0.2) is 42.5 Å². The van der Waals surface area contributed by atoms with Crippen molar-refractivity contribution >= 4 is 29.3 Å². The first kappa shape index (κ1) is 22.2. The van der Waals surface area contributed by atoms with Gasteiger partial charge in [-0.3, -0.25) is 14.4 Å². The number of benzene rings is 2. The summed E-state index contributed by atoms with van der Waals surface area (Å²) < 4.78 is 10.1. The lowest BCUT2D eigenvalue weighted by atomic mass is 10.0. The maximum absolute atomic E-state index is 12.4. The van der Waals surface area contributed by atoms with Crippen molar-refractivity contribution in [3.63, 3.8) is 0 Å². The number of aryl methyl sites for hydroxylation is 2. The lowest BCUT2D eigenvalue weighted by Crippen LogP contribution is -2.27. The topological polar surface area (TPSA) is 90.0 Å².